The van der Waals surface area contributed by atoms with E-state index < -0.39 is 42.3 Å². The molecule has 1 unspecified atom stereocenters. The summed E-state index contributed by atoms with van der Waals surface area (Å²) in [6.45, 7) is 3.66. The minimum Gasteiger partial charge on any atom is -0.445 e. The fourth-order valence-electron chi connectivity index (χ4n) is 4.97. The Morgan fingerprint density at radius 2 is 1.43 bits per heavy atom. The van der Waals surface area contributed by atoms with Crippen molar-refractivity contribution in [2.45, 2.75) is 70.6 Å². The quantitative estimate of drug-likeness (QED) is 0.134. The van der Waals surface area contributed by atoms with E-state index in [0.717, 1.165) is 16.7 Å². The number of hydrogen-bond donors (Lipinski definition) is 4. The molecule has 3 amide bonds. The Labute approximate surface area is 278 Å². The Kier molecular flexibility index (Phi) is 13.7. The minimum atomic E-state index is -1.07. The zero-order valence-electron chi connectivity index (χ0n) is 26.5. The highest BCUT2D eigenvalue weighted by Gasteiger charge is 2.31. The summed E-state index contributed by atoms with van der Waals surface area (Å²) in [6, 6.07) is 20.5. The molecule has 11 nitrogen and oxygen atoms in total. The van der Waals surface area contributed by atoms with Gasteiger partial charge in [-0.1, -0.05) is 80.6 Å². The SMILES string of the molecule is CC(C)C(NC(=O)OCc1nccs1)C(=O)N[C@@H](Cc1ccccc1)[C@@H](O)C[C@H](Cc1ccccc1)NC(=O)OCc1cccnc1. The van der Waals surface area contributed by atoms with E-state index in [1.54, 1.807) is 30.0 Å². The van der Waals surface area contributed by atoms with E-state index in [0.29, 0.717) is 17.8 Å². The fraction of sp³-hybridized carbons (Fsp3) is 0.343. The molecule has 0 spiro atoms. The molecule has 4 atom stereocenters. The van der Waals surface area contributed by atoms with E-state index >= 15 is 0 Å². The number of amides is 3. The second-order valence-electron chi connectivity index (χ2n) is 11.4. The van der Waals surface area contributed by atoms with Crippen LogP contribution in [0.5, 0.6) is 0 Å². The number of carbonyl (C=O) groups excluding carboxylic acids is 3. The second-order valence-corrected chi connectivity index (χ2v) is 12.4. The first kappa shape index (κ1) is 35.1. The summed E-state index contributed by atoms with van der Waals surface area (Å²) in [5, 5.41) is 22.6. The predicted molar refractivity (Wildman–Crippen MR) is 178 cm³/mol. The highest BCUT2D eigenvalue weighted by molar-refractivity contribution is 7.09. The van der Waals surface area contributed by atoms with E-state index in [-0.39, 0.29) is 25.6 Å². The molecule has 248 valence electrons. The monoisotopic (exact) mass is 659 g/mol. The third kappa shape index (κ3) is 12.1. The van der Waals surface area contributed by atoms with Gasteiger partial charge in [0.2, 0.25) is 5.91 Å². The normalized spacial score (nSPS) is 13.5. The number of nitrogens with zero attached hydrogens (tertiary/aromatic N) is 2. The van der Waals surface area contributed by atoms with Crippen molar-refractivity contribution in [3.8, 4) is 0 Å². The molecule has 0 saturated carbocycles. The molecule has 47 heavy (non-hydrogen) atoms. The van der Waals surface area contributed by atoms with Crippen molar-refractivity contribution in [1.29, 1.82) is 0 Å². The van der Waals surface area contributed by atoms with E-state index in [4.69, 9.17) is 9.47 Å². The highest BCUT2D eigenvalue weighted by atomic mass is 32.1. The van der Waals surface area contributed by atoms with Gasteiger partial charge in [0, 0.05) is 35.6 Å². The average Bonchev–Trinajstić information content (AvgIpc) is 3.60. The molecule has 4 N–H and O–H groups in total. The Balaban J connectivity index is 1.46. The van der Waals surface area contributed by atoms with Gasteiger partial charge < -0.3 is 30.5 Å². The summed E-state index contributed by atoms with van der Waals surface area (Å²) in [4.78, 5) is 47.2. The molecule has 2 aromatic heterocycles. The van der Waals surface area contributed by atoms with Gasteiger partial charge >= 0.3 is 12.2 Å². The van der Waals surface area contributed by atoms with Crippen LogP contribution in [0.1, 0.15) is 42.0 Å². The molecule has 0 radical (unpaired) electrons. The lowest BCUT2D eigenvalue weighted by Crippen LogP contribution is -2.56. The summed E-state index contributed by atoms with van der Waals surface area (Å²) >= 11 is 1.36. The maximum atomic E-state index is 13.6. The first-order chi connectivity index (χ1) is 22.8. The molecular formula is C35H41N5O6S. The number of thiazole rings is 1. The number of aliphatic hydroxyl groups excluding tert-OH is 1. The minimum absolute atomic E-state index is 0.00818. The number of benzene rings is 2. The number of nitrogens with one attached hydrogen (secondary N) is 3. The van der Waals surface area contributed by atoms with Crippen molar-refractivity contribution in [2.24, 2.45) is 5.92 Å². The number of aromatic nitrogens is 2. The van der Waals surface area contributed by atoms with Crippen molar-refractivity contribution in [1.82, 2.24) is 25.9 Å². The van der Waals surface area contributed by atoms with E-state index in [9.17, 15) is 19.5 Å². The number of ether oxygens (including phenoxy) is 2. The molecule has 12 heteroatoms. The molecule has 4 aromatic rings. The average molecular weight is 660 g/mol. The van der Waals surface area contributed by atoms with Gasteiger partial charge in [-0.15, -0.1) is 11.3 Å². The number of alkyl carbamates (subject to hydrolysis) is 2. The van der Waals surface area contributed by atoms with Crippen LogP contribution in [0.25, 0.3) is 0 Å². The first-order valence-corrected chi connectivity index (χ1v) is 16.3. The lowest BCUT2D eigenvalue weighted by atomic mass is 9.93. The smallest absolute Gasteiger partial charge is 0.408 e. The summed E-state index contributed by atoms with van der Waals surface area (Å²) in [6.07, 6.45) is 3.28. The van der Waals surface area contributed by atoms with Crippen molar-refractivity contribution in [3.63, 3.8) is 0 Å². The van der Waals surface area contributed by atoms with Crippen LogP contribution in [0.15, 0.2) is 96.8 Å². The molecule has 2 heterocycles. The number of hydrogen-bond acceptors (Lipinski definition) is 9. The zero-order chi connectivity index (χ0) is 33.4. The van der Waals surface area contributed by atoms with Crippen LogP contribution in [-0.4, -0.2) is 57.4 Å². The van der Waals surface area contributed by atoms with Crippen molar-refractivity contribution in [3.05, 3.63) is 118 Å². The van der Waals surface area contributed by atoms with Gasteiger partial charge in [0.1, 0.15) is 24.3 Å². The largest absolute Gasteiger partial charge is 0.445 e. The fourth-order valence-corrected chi connectivity index (χ4v) is 5.49. The van der Waals surface area contributed by atoms with Crippen LogP contribution in [0, 0.1) is 5.92 Å². The number of pyridine rings is 1. The number of carbonyl (C=O) groups is 3. The molecule has 0 saturated heterocycles. The van der Waals surface area contributed by atoms with E-state index in [1.165, 1.54) is 11.3 Å². The zero-order valence-corrected chi connectivity index (χ0v) is 27.3. The van der Waals surface area contributed by atoms with Crippen LogP contribution >= 0.6 is 11.3 Å². The van der Waals surface area contributed by atoms with Crippen LogP contribution < -0.4 is 16.0 Å². The Morgan fingerprint density at radius 1 is 0.787 bits per heavy atom. The molecule has 0 aliphatic heterocycles. The van der Waals surface area contributed by atoms with Gasteiger partial charge in [0.05, 0.1) is 12.1 Å². The maximum absolute atomic E-state index is 13.6. The van der Waals surface area contributed by atoms with Crippen LogP contribution in [-0.2, 0) is 40.3 Å². The van der Waals surface area contributed by atoms with Crippen LogP contribution in [0.2, 0.25) is 0 Å². The molecule has 0 aliphatic rings. The third-order valence-electron chi connectivity index (χ3n) is 7.39. The van der Waals surface area contributed by atoms with E-state index in [1.807, 2.05) is 80.6 Å². The summed E-state index contributed by atoms with van der Waals surface area (Å²) in [7, 11) is 0. The molecule has 0 aliphatic carbocycles. The van der Waals surface area contributed by atoms with E-state index in [2.05, 4.69) is 25.9 Å². The number of rotatable bonds is 16. The lowest BCUT2D eigenvalue weighted by molar-refractivity contribution is -0.125. The van der Waals surface area contributed by atoms with Gasteiger partial charge in [0.25, 0.3) is 0 Å². The van der Waals surface area contributed by atoms with Gasteiger partial charge in [-0.05, 0) is 42.4 Å². The van der Waals surface area contributed by atoms with Gasteiger partial charge in [-0.25, -0.2) is 14.6 Å². The second kappa shape index (κ2) is 18.4. The molecular weight excluding hydrogens is 618 g/mol. The first-order valence-electron chi connectivity index (χ1n) is 15.5. The summed E-state index contributed by atoms with van der Waals surface area (Å²) in [5.41, 5.74) is 2.60. The standard InChI is InChI=1S/C35H41N5O6S/c1-24(2)32(40-35(44)46-23-31-37-16-17-47-31)33(42)39-29(19-26-12-7-4-8-13-26)30(41)20-28(18-25-10-5-3-6-11-25)38-34(43)45-22-27-14-9-15-36-21-27/h3-17,21,24,28-30,32,41H,18-20,22-23H2,1-2H3,(H,38,43)(H,39,42)(H,40,44)/t28-,29-,30-,32?/m0/s1. The van der Waals surface area contributed by atoms with Crippen molar-refractivity contribution >= 4 is 29.4 Å². The topological polar surface area (TPSA) is 152 Å². The van der Waals surface area contributed by atoms with Crippen molar-refractivity contribution in [2.75, 3.05) is 0 Å². The Morgan fingerprint density at radius 3 is 2.04 bits per heavy atom. The molecule has 2 aromatic carbocycles. The van der Waals surface area contributed by atoms with Crippen molar-refractivity contribution < 1.29 is 29.0 Å². The van der Waals surface area contributed by atoms with Crippen LogP contribution in [0.3, 0.4) is 0 Å². The Hall–Kier alpha value is -4.81. The Bertz CT molecular complexity index is 1510. The molecule has 4 rings (SSSR count). The third-order valence-corrected chi connectivity index (χ3v) is 8.14. The summed E-state index contributed by atoms with van der Waals surface area (Å²) < 4.78 is 10.7. The van der Waals surface area contributed by atoms with Gasteiger partial charge in [-0.2, -0.15) is 0 Å². The lowest BCUT2D eigenvalue weighted by Gasteiger charge is -2.30. The predicted octanol–water partition coefficient (Wildman–Crippen LogP) is 4.81. The highest BCUT2D eigenvalue weighted by Crippen LogP contribution is 2.16. The van der Waals surface area contributed by atoms with Gasteiger partial charge in [-0.3, -0.25) is 9.78 Å². The van der Waals surface area contributed by atoms with Crippen LogP contribution in [0.4, 0.5) is 9.59 Å². The molecule has 0 bridgehead atoms. The number of aliphatic hydroxyl groups is 1. The summed E-state index contributed by atoms with van der Waals surface area (Å²) in [5.74, 6) is -0.742. The van der Waals surface area contributed by atoms with Gasteiger partial charge in [0.15, 0.2) is 0 Å². The molecule has 0 fully saturated rings. The maximum Gasteiger partial charge on any atom is 0.408 e.